The summed E-state index contributed by atoms with van der Waals surface area (Å²) in [7, 11) is 0. The van der Waals surface area contributed by atoms with Gasteiger partial charge >= 0.3 is 6.01 Å². The third-order valence-electron chi connectivity index (χ3n) is 5.13. The molecule has 0 aliphatic carbocycles. The summed E-state index contributed by atoms with van der Waals surface area (Å²) in [5.74, 6) is -0.326. The van der Waals surface area contributed by atoms with Gasteiger partial charge in [0.2, 0.25) is 0 Å². The molecule has 0 saturated carbocycles. The summed E-state index contributed by atoms with van der Waals surface area (Å²) >= 11 is 0. The van der Waals surface area contributed by atoms with E-state index in [1.165, 1.54) is 6.20 Å². The molecule has 0 bridgehead atoms. The van der Waals surface area contributed by atoms with E-state index in [1.807, 2.05) is 31.2 Å². The van der Waals surface area contributed by atoms with Crippen molar-refractivity contribution in [2.75, 3.05) is 25.4 Å². The fraction of sp³-hybridized carbons (Fsp3) is 0.286. The van der Waals surface area contributed by atoms with E-state index in [9.17, 15) is 9.59 Å². The van der Waals surface area contributed by atoms with Crippen molar-refractivity contribution in [1.29, 1.82) is 0 Å². The molecule has 1 aromatic carbocycles. The van der Waals surface area contributed by atoms with E-state index >= 15 is 0 Å². The molecule has 0 radical (unpaired) electrons. The van der Waals surface area contributed by atoms with Gasteiger partial charge in [0, 0.05) is 31.4 Å². The number of rotatable bonds is 6. The van der Waals surface area contributed by atoms with Gasteiger partial charge in [0.15, 0.2) is 12.4 Å². The highest BCUT2D eigenvalue weighted by atomic mass is 16.5. The molecular weight excluding hydrogens is 384 g/mol. The number of aromatic nitrogens is 4. The minimum absolute atomic E-state index is 0.103. The Hall–Kier alpha value is -3.75. The zero-order valence-electron chi connectivity index (χ0n) is 16.6. The summed E-state index contributed by atoms with van der Waals surface area (Å²) in [5.41, 5.74) is 8.51. The molecule has 9 heteroatoms. The van der Waals surface area contributed by atoms with Gasteiger partial charge in [-0.1, -0.05) is 17.7 Å². The Balaban J connectivity index is 1.39. The summed E-state index contributed by atoms with van der Waals surface area (Å²) < 4.78 is 6.86. The van der Waals surface area contributed by atoms with Gasteiger partial charge in [-0.3, -0.25) is 9.59 Å². The van der Waals surface area contributed by atoms with Gasteiger partial charge in [-0.15, -0.1) is 0 Å². The summed E-state index contributed by atoms with van der Waals surface area (Å²) in [6, 6.07) is 9.53. The highest BCUT2D eigenvalue weighted by Gasteiger charge is 2.33. The van der Waals surface area contributed by atoms with Gasteiger partial charge in [0.25, 0.3) is 5.91 Å². The lowest BCUT2D eigenvalue weighted by Crippen LogP contribution is -2.34. The highest BCUT2D eigenvalue weighted by molar-refractivity contribution is 6.02. The number of amides is 1. The second-order valence-electron chi connectivity index (χ2n) is 7.20. The number of carbonyl (C=O) groups is 2. The molecule has 9 nitrogen and oxygen atoms in total. The number of nitrogens with two attached hydrogens (primary N) is 1. The minimum atomic E-state index is -0.320. The topological polar surface area (TPSA) is 116 Å². The van der Waals surface area contributed by atoms with Gasteiger partial charge < -0.3 is 15.4 Å². The molecule has 0 unspecified atom stereocenters. The largest absolute Gasteiger partial charge is 0.453 e. The number of aryl methyl sites for hydroxylation is 1. The first-order valence-corrected chi connectivity index (χ1v) is 9.65. The van der Waals surface area contributed by atoms with Crippen molar-refractivity contribution in [3.63, 3.8) is 0 Å². The Morgan fingerprint density at radius 1 is 1.20 bits per heavy atom. The predicted octanol–water partition coefficient (Wildman–Crippen LogP) is 1.66. The van der Waals surface area contributed by atoms with E-state index < -0.39 is 0 Å². The number of ketones is 1. The van der Waals surface area contributed by atoms with E-state index in [0.717, 1.165) is 11.3 Å². The number of hydrogen-bond donors (Lipinski definition) is 1. The first-order chi connectivity index (χ1) is 14.5. The van der Waals surface area contributed by atoms with Crippen LogP contribution in [0.25, 0.3) is 5.69 Å². The first kappa shape index (κ1) is 19.6. The van der Waals surface area contributed by atoms with Gasteiger partial charge in [0.1, 0.15) is 5.82 Å². The van der Waals surface area contributed by atoms with Crippen LogP contribution in [0.4, 0.5) is 5.82 Å². The molecule has 0 spiro atoms. The van der Waals surface area contributed by atoms with Crippen LogP contribution in [0.5, 0.6) is 6.01 Å². The van der Waals surface area contributed by atoms with Crippen LogP contribution in [-0.2, 0) is 4.79 Å². The van der Waals surface area contributed by atoms with Gasteiger partial charge in [-0.25, -0.2) is 14.6 Å². The fourth-order valence-corrected chi connectivity index (χ4v) is 3.44. The van der Waals surface area contributed by atoms with Gasteiger partial charge in [-0.05, 0) is 31.5 Å². The average molecular weight is 406 g/mol. The molecular formula is C21H22N6O3. The zero-order valence-corrected chi connectivity index (χ0v) is 16.6. The number of ether oxygens (including phenoxy) is 1. The summed E-state index contributed by atoms with van der Waals surface area (Å²) in [6.45, 7) is 2.64. The lowest BCUT2D eigenvalue weighted by Gasteiger charge is -2.16. The maximum absolute atomic E-state index is 13.0. The minimum Gasteiger partial charge on any atom is -0.453 e. The van der Waals surface area contributed by atoms with Gasteiger partial charge in [0.05, 0.1) is 17.4 Å². The van der Waals surface area contributed by atoms with Crippen LogP contribution in [0, 0.1) is 12.8 Å². The SMILES string of the molecule is Cc1ccc(-n2ncc(C(=O)[C@H]3CCN(C(=O)COc4ncccn4)C3)c2N)cc1. The maximum atomic E-state index is 13.0. The van der Waals surface area contributed by atoms with E-state index in [1.54, 1.807) is 28.0 Å². The van der Waals surface area contributed by atoms with E-state index in [2.05, 4.69) is 15.1 Å². The molecule has 4 rings (SSSR count). The van der Waals surface area contributed by atoms with Crippen LogP contribution in [0.15, 0.2) is 48.9 Å². The van der Waals surface area contributed by atoms with Crippen molar-refractivity contribution in [3.8, 4) is 11.7 Å². The molecule has 1 aliphatic rings. The van der Waals surface area contributed by atoms with Crippen molar-refractivity contribution in [3.05, 3.63) is 60.0 Å². The lowest BCUT2D eigenvalue weighted by atomic mass is 9.98. The summed E-state index contributed by atoms with van der Waals surface area (Å²) in [6.07, 6.45) is 5.15. The normalized spacial score (nSPS) is 15.9. The molecule has 1 atom stereocenters. The number of hydrogen-bond acceptors (Lipinski definition) is 7. The number of likely N-dealkylation sites (tertiary alicyclic amines) is 1. The number of nitrogen functional groups attached to an aromatic ring is 1. The standard InChI is InChI=1S/C21H22N6O3/c1-14-3-5-16(6-4-14)27-20(22)17(11-25-27)19(29)15-7-10-26(12-15)18(28)13-30-21-23-8-2-9-24-21/h2-6,8-9,11,15H,7,10,12-13,22H2,1H3/t15-/m0/s1. The quantitative estimate of drug-likeness (QED) is 0.619. The number of anilines is 1. The van der Waals surface area contributed by atoms with Crippen LogP contribution in [0.3, 0.4) is 0 Å². The number of Topliss-reactive ketones (excluding diaryl/α,β-unsaturated/α-hetero) is 1. The van der Waals surface area contributed by atoms with E-state index in [4.69, 9.17) is 10.5 Å². The second-order valence-corrected chi connectivity index (χ2v) is 7.20. The molecule has 30 heavy (non-hydrogen) atoms. The molecule has 2 aromatic heterocycles. The number of carbonyl (C=O) groups excluding carboxylic acids is 2. The molecule has 154 valence electrons. The molecule has 1 saturated heterocycles. The van der Waals surface area contributed by atoms with Crippen LogP contribution < -0.4 is 10.5 Å². The third-order valence-corrected chi connectivity index (χ3v) is 5.13. The lowest BCUT2D eigenvalue weighted by molar-refractivity contribution is -0.132. The summed E-state index contributed by atoms with van der Waals surface area (Å²) in [5, 5.41) is 4.28. The first-order valence-electron chi connectivity index (χ1n) is 9.65. The van der Waals surface area contributed by atoms with Crippen molar-refractivity contribution in [2.24, 2.45) is 5.92 Å². The van der Waals surface area contributed by atoms with Crippen molar-refractivity contribution in [1.82, 2.24) is 24.6 Å². The van der Waals surface area contributed by atoms with E-state index in [-0.39, 0.29) is 30.2 Å². The Kier molecular flexibility index (Phi) is 5.42. The van der Waals surface area contributed by atoms with Crippen molar-refractivity contribution in [2.45, 2.75) is 13.3 Å². The molecule has 1 fully saturated rings. The monoisotopic (exact) mass is 406 g/mol. The van der Waals surface area contributed by atoms with Crippen LogP contribution in [0.2, 0.25) is 0 Å². The van der Waals surface area contributed by atoms with Crippen LogP contribution >= 0.6 is 0 Å². The summed E-state index contributed by atoms with van der Waals surface area (Å²) in [4.78, 5) is 34.8. The van der Waals surface area contributed by atoms with E-state index in [0.29, 0.717) is 30.9 Å². The highest BCUT2D eigenvalue weighted by Crippen LogP contribution is 2.25. The number of nitrogens with zero attached hydrogens (tertiary/aromatic N) is 5. The Morgan fingerprint density at radius 2 is 1.93 bits per heavy atom. The molecule has 1 amide bonds. The maximum Gasteiger partial charge on any atom is 0.316 e. The molecule has 1 aliphatic heterocycles. The van der Waals surface area contributed by atoms with Crippen LogP contribution in [-0.4, -0.2) is 56.0 Å². The zero-order chi connectivity index (χ0) is 21.1. The van der Waals surface area contributed by atoms with Crippen molar-refractivity contribution >= 4 is 17.5 Å². The molecule has 3 aromatic rings. The third kappa shape index (κ3) is 4.00. The Morgan fingerprint density at radius 3 is 2.67 bits per heavy atom. The van der Waals surface area contributed by atoms with Crippen molar-refractivity contribution < 1.29 is 14.3 Å². The second kappa shape index (κ2) is 8.32. The number of benzene rings is 1. The average Bonchev–Trinajstić information content (AvgIpc) is 3.40. The molecule has 2 N–H and O–H groups in total. The fourth-order valence-electron chi connectivity index (χ4n) is 3.44. The van der Waals surface area contributed by atoms with Gasteiger partial charge in [-0.2, -0.15) is 5.10 Å². The Bertz CT molecular complexity index is 1050. The predicted molar refractivity (Wildman–Crippen MR) is 109 cm³/mol. The smallest absolute Gasteiger partial charge is 0.316 e. The molecule has 3 heterocycles. The Labute approximate surface area is 173 Å². The van der Waals surface area contributed by atoms with Crippen LogP contribution in [0.1, 0.15) is 22.3 Å².